The maximum atomic E-state index is 13.9. The monoisotopic (exact) mass is 626 g/mol. The predicted octanol–water partition coefficient (Wildman–Crippen LogP) is 4.87. The minimum absolute atomic E-state index is 0.133. The summed E-state index contributed by atoms with van der Waals surface area (Å²) < 4.78 is 0.896. The standard InChI is InChI=1S/C31H31BrN8O2/c1-31(2,33)16-26(41)34-24-14-12-19-7-3-6-10-25(19)40(30(24)42)17-18-11-13-23-22(15-18)27(32)28(35-23)20-8-4-5-9-21(20)29-36-38-39-37-29/h3-11,13,15,24,35H,12,14,16-17,33H2,1-2H3,(H,34,41)(H,36,37,38,39)/t24-/m1/s1. The lowest BCUT2D eigenvalue weighted by Gasteiger charge is -2.27. The number of aromatic nitrogens is 5. The second kappa shape index (κ2) is 11.1. The van der Waals surface area contributed by atoms with Crippen molar-refractivity contribution in [3.8, 4) is 22.6 Å². The van der Waals surface area contributed by atoms with Gasteiger partial charge in [0.1, 0.15) is 6.04 Å². The van der Waals surface area contributed by atoms with E-state index < -0.39 is 11.6 Å². The molecule has 1 atom stereocenters. The number of halogens is 1. The first kappa shape index (κ1) is 27.8. The zero-order valence-corrected chi connectivity index (χ0v) is 24.9. The Morgan fingerprint density at radius 3 is 2.64 bits per heavy atom. The van der Waals surface area contributed by atoms with Gasteiger partial charge in [-0.2, -0.15) is 5.21 Å². The van der Waals surface area contributed by atoms with Gasteiger partial charge in [0.2, 0.25) is 17.6 Å². The number of aryl methyl sites for hydroxylation is 1. The fourth-order valence-corrected chi connectivity index (χ4v) is 6.16. The summed E-state index contributed by atoms with van der Waals surface area (Å²) in [4.78, 5) is 32.0. The molecular weight excluding hydrogens is 596 g/mol. The van der Waals surface area contributed by atoms with Crippen molar-refractivity contribution in [2.75, 3.05) is 4.90 Å². The minimum atomic E-state index is -0.662. The van der Waals surface area contributed by atoms with Gasteiger partial charge in [-0.1, -0.05) is 48.5 Å². The molecule has 0 aliphatic carbocycles. The van der Waals surface area contributed by atoms with Crippen LogP contribution in [0.4, 0.5) is 5.69 Å². The topological polar surface area (TPSA) is 146 Å². The average molecular weight is 628 g/mol. The summed E-state index contributed by atoms with van der Waals surface area (Å²) in [6, 6.07) is 21.3. The number of hydrogen-bond donors (Lipinski definition) is 4. The summed E-state index contributed by atoms with van der Waals surface area (Å²) in [5.74, 6) is 0.149. The van der Waals surface area contributed by atoms with Gasteiger partial charge >= 0.3 is 0 Å². The third kappa shape index (κ3) is 5.57. The second-order valence-corrected chi connectivity index (χ2v) is 12.1. The molecule has 5 aromatic rings. The van der Waals surface area contributed by atoms with E-state index in [1.165, 1.54) is 0 Å². The summed E-state index contributed by atoms with van der Waals surface area (Å²) >= 11 is 3.82. The highest BCUT2D eigenvalue weighted by Crippen LogP contribution is 2.39. The van der Waals surface area contributed by atoms with Gasteiger partial charge in [0.25, 0.3) is 0 Å². The number of amides is 2. The van der Waals surface area contributed by atoms with E-state index >= 15 is 0 Å². The van der Waals surface area contributed by atoms with Gasteiger partial charge in [0.05, 0.1) is 16.7 Å². The number of H-pyrrole nitrogens is 2. The van der Waals surface area contributed by atoms with Crippen molar-refractivity contribution in [1.82, 2.24) is 30.9 Å². The van der Waals surface area contributed by atoms with Crippen LogP contribution in [0.15, 0.2) is 71.2 Å². The van der Waals surface area contributed by atoms with Crippen LogP contribution in [0.1, 0.15) is 37.8 Å². The zero-order valence-electron chi connectivity index (χ0n) is 23.3. The SMILES string of the molecule is CC(C)(N)CC(=O)N[C@@H]1CCc2ccccc2N(Cc2ccc3[nH]c(-c4ccccc4-c4nn[nH]n4)c(Br)c3c2)C1=O. The van der Waals surface area contributed by atoms with E-state index in [0.717, 1.165) is 49.0 Å². The molecule has 0 radical (unpaired) electrons. The molecule has 1 aliphatic heterocycles. The number of anilines is 1. The lowest BCUT2D eigenvalue weighted by atomic mass is 10.0. The van der Waals surface area contributed by atoms with Gasteiger partial charge in [-0.15, -0.1) is 10.2 Å². The summed E-state index contributed by atoms with van der Waals surface area (Å²) in [6.07, 6.45) is 1.34. The summed E-state index contributed by atoms with van der Waals surface area (Å²) in [5.41, 5.74) is 11.9. The maximum Gasteiger partial charge on any atom is 0.249 e. The molecule has 10 nitrogen and oxygen atoms in total. The number of nitrogens with one attached hydrogen (secondary N) is 3. The molecule has 0 fully saturated rings. The van der Waals surface area contributed by atoms with Crippen molar-refractivity contribution < 1.29 is 9.59 Å². The van der Waals surface area contributed by atoms with Crippen LogP contribution in [0.25, 0.3) is 33.5 Å². The largest absolute Gasteiger partial charge is 0.354 e. The Morgan fingerprint density at radius 1 is 1.12 bits per heavy atom. The number of carbonyl (C=O) groups is 2. The molecule has 5 N–H and O–H groups in total. The van der Waals surface area contributed by atoms with Gasteiger partial charge in [-0.05, 0) is 77.2 Å². The lowest BCUT2D eigenvalue weighted by Crippen LogP contribution is -2.49. The molecule has 0 saturated carbocycles. The third-order valence-corrected chi connectivity index (χ3v) is 8.25. The van der Waals surface area contributed by atoms with Crippen molar-refractivity contribution in [1.29, 1.82) is 0 Å². The highest BCUT2D eigenvalue weighted by Gasteiger charge is 2.32. The fraction of sp³-hybridized carbons (Fsp3) is 0.258. The van der Waals surface area contributed by atoms with E-state index in [2.05, 4.69) is 52.9 Å². The van der Waals surface area contributed by atoms with E-state index in [1.807, 2.05) is 60.7 Å². The van der Waals surface area contributed by atoms with E-state index in [-0.39, 0.29) is 18.2 Å². The average Bonchev–Trinajstić information content (AvgIpc) is 3.59. The Labute approximate surface area is 251 Å². The molecule has 0 saturated heterocycles. The number of rotatable bonds is 7. The number of hydrogen-bond acceptors (Lipinski definition) is 6. The van der Waals surface area contributed by atoms with Crippen LogP contribution in [0, 0.1) is 0 Å². The normalized spacial score (nSPS) is 15.5. The first-order valence-corrected chi connectivity index (χ1v) is 14.6. The molecule has 1 aliphatic rings. The highest BCUT2D eigenvalue weighted by atomic mass is 79.9. The first-order chi connectivity index (χ1) is 20.2. The van der Waals surface area contributed by atoms with E-state index in [9.17, 15) is 9.59 Å². The Morgan fingerprint density at radius 2 is 1.88 bits per heavy atom. The number of nitrogens with zero attached hydrogens (tertiary/aromatic N) is 4. The molecule has 6 rings (SSSR count). The molecular formula is C31H31BrN8O2. The molecule has 3 aromatic carbocycles. The number of carbonyl (C=O) groups excluding carboxylic acids is 2. The smallest absolute Gasteiger partial charge is 0.249 e. The molecule has 214 valence electrons. The van der Waals surface area contributed by atoms with Crippen LogP contribution in [-0.2, 0) is 22.6 Å². The van der Waals surface area contributed by atoms with Crippen molar-refractivity contribution in [2.45, 2.75) is 51.2 Å². The van der Waals surface area contributed by atoms with Crippen LogP contribution < -0.4 is 16.0 Å². The van der Waals surface area contributed by atoms with Gasteiger partial charge in [-0.25, -0.2) is 0 Å². The van der Waals surface area contributed by atoms with Crippen LogP contribution in [0.2, 0.25) is 0 Å². The van der Waals surface area contributed by atoms with Gasteiger partial charge in [0.15, 0.2) is 0 Å². The third-order valence-electron chi connectivity index (χ3n) is 7.42. The quantitative estimate of drug-likeness (QED) is 0.203. The van der Waals surface area contributed by atoms with E-state index in [4.69, 9.17) is 5.73 Å². The highest BCUT2D eigenvalue weighted by molar-refractivity contribution is 9.10. The number of fused-ring (bicyclic) bond motifs is 2. The number of aromatic amines is 2. The van der Waals surface area contributed by atoms with E-state index in [0.29, 0.717) is 25.2 Å². The van der Waals surface area contributed by atoms with Crippen LogP contribution >= 0.6 is 15.9 Å². The Kier molecular flexibility index (Phi) is 7.38. The summed E-state index contributed by atoms with van der Waals surface area (Å²) in [5, 5.41) is 18.5. The van der Waals surface area contributed by atoms with E-state index in [1.54, 1.807) is 18.7 Å². The molecule has 0 unspecified atom stereocenters. The Hall–Kier alpha value is -4.35. The molecule has 11 heteroatoms. The molecule has 0 spiro atoms. The van der Waals surface area contributed by atoms with Gasteiger partial charge in [-0.3, -0.25) is 9.59 Å². The summed E-state index contributed by atoms with van der Waals surface area (Å²) in [7, 11) is 0. The minimum Gasteiger partial charge on any atom is -0.354 e. The molecule has 42 heavy (non-hydrogen) atoms. The molecule has 2 aromatic heterocycles. The number of nitrogens with two attached hydrogens (primary N) is 1. The molecule has 2 amide bonds. The van der Waals surface area contributed by atoms with Crippen molar-refractivity contribution in [2.24, 2.45) is 5.73 Å². The predicted molar refractivity (Wildman–Crippen MR) is 165 cm³/mol. The number of para-hydroxylation sites is 1. The molecule has 3 heterocycles. The lowest BCUT2D eigenvalue weighted by molar-refractivity contribution is -0.128. The number of benzene rings is 3. The molecule has 0 bridgehead atoms. The fourth-order valence-electron chi connectivity index (χ4n) is 5.52. The van der Waals surface area contributed by atoms with Crippen molar-refractivity contribution >= 4 is 44.3 Å². The first-order valence-electron chi connectivity index (χ1n) is 13.8. The van der Waals surface area contributed by atoms with Crippen molar-refractivity contribution in [3.05, 3.63) is 82.3 Å². The van der Waals surface area contributed by atoms with Crippen LogP contribution in [0.3, 0.4) is 0 Å². The van der Waals surface area contributed by atoms with Crippen LogP contribution in [-0.4, -0.2) is 49.0 Å². The number of tetrazole rings is 1. The second-order valence-electron chi connectivity index (χ2n) is 11.4. The van der Waals surface area contributed by atoms with Crippen molar-refractivity contribution in [3.63, 3.8) is 0 Å². The van der Waals surface area contributed by atoms with Crippen LogP contribution in [0.5, 0.6) is 0 Å². The Bertz CT molecular complexity index is 1770. The Balaban J connectivity index is 1.33. The summed E-state index contributed by atoms with van der Waals surface area (Å²) in [6.45, 7) is 3.95. The van der Waals surface area contributed by atoms with Gasteiger partial charge in [0, 0.05) is 39.7 Å². The zero-order chi connectivity index (χ0) is 29.4. The van der Waals surface area contributed by atoms with Gasteiger partial charge < -0.3 is 20.9 Å². The maximum absolute atomic E-state index is 13.9.